The second-order valence-corrected chi connectivity index (χ2v) is 6.14. The number of benzene rings is 1. The molecule has 108 valence electrons. The molecule has 1 aliphatic heterocycles. The lowest BCUT2D eigenvalue weighted by Gasteiger charge is -2.17. The van der Waals surface area contributed by atoms with Gasteiger partial charge in [-0.1, -0.05) is 15.9 Å². The summed E-state index contributed by atoms with van der Waals surface area (Å²) in [6.45, 7) is 2.72. The Hall–Kier alpha value is -1.33. The van der Waals surface area contributed by atoms with Gasteiger partial charge in [-0.25, -0.2) is 0 Å². The Bertz CT molecular complexity index is 540. The fourth-order valence-electron chi connectivity index (χ4n) is 2.24. The minimum atomic E-state index is -0.767. The Labute approximate surface area is 127 Å². The van der Waals surface area contributed by atoms with Gasteiger partial charge in [0.1, 0.15) is 5.75 Å². The number of ether oxygens (including phenoxy) is 1. The Morgan fingerprint density at radius 3 is 2.90 bits per heavy atom. The summed E-state index contributed by atoms with van der Waals surface area (Å²) in [5.41, 5.74) is 0.0675. The van der Waals surface area contributed by atoms with E-state index in [4.69, 9.17) is 4.74 Å². The van der Waals surface area contributed by atoms with Crippen LogP contribution in [0.5, 0.6) is 5.75 Å². The molecule has 0 saturated carbocycles. The number of halogens is 1. The molecule has 1 aromatic carbocycles. The molecule has 1 atom stereocenters. The second-order valence-electron chi connectivity index (χ2n) is 5.23. The van der Waals surface area contributed by atoms with Crippen molar-refractivity contribution in [3.63, 3.8) is 0 Å². The van der Waals surface area contributed by atoms with Crippen LogP contribution in [0.1, 0.15) is 18.9 Å². The number of likely N-dealkylation sites (tertiary alicyclic amines) is 1. The normalized spacial score (nSPS) is 22.5. The Morgan fingerprint density at radius 1 is 1.55 bits per heavy atom. The third kappa shape index (κ3) is 3.61. The van der Waals surface area contributed by atoms with Crippen molar-refractivity contribution in [2.75, 3.05) is 20.2 Å². The number of carbonyl (C=O) groups excluding carboxylic acids is 1. The molecule has 0 aliphatic carbocycles. The highest BCUT2D eigenvalue weighted by molar-refractivity contribution is 9.10. The fourth-order valence-corrected chi connectivity index (χ4v) is 2.61. The molecule has 1 amide bonds. The zero-order valence-electron chi connectivity index (χ0n) is 11.6. The summed E-state index contributed by atoms with van der Waals surface area (Å²) < 4.78 is 6.18. The molecule has 20 heavy (non-hydrogen) atoms. The summed E-state index contributed by atoms with van der Waals surface area (Å²) in [5.74, 6) is 0.621. The monoisotopic (exact) mass is 339 g/mol. The van der Waals surface area contributed by atoms with E-state index >= 15 is 0 Å². The maximum Gasteiger partial charge on any atom is 0.246 e. The highest BCUT2D eigenvalue weighted by atomic mass is 79.9. The number of hydrogen-bond acceptors (Lipinski definition) is 3. The molecule has 1 saturated heterocycles. The maximum absolute atomic E-state index is 12.1. The molecule has 1 unspecified atom stereocenters. The summed E-state index contributed by atoms with van der Waals surface area (Å²) in [6.07, 6.45) is 3.87. The highest BCUT2D eigenvalue weighted by Gasteiger charge is 2.32. The van der Waals surface area contributed by atoms with Gasteiger partial charge in [0.05, 0.1) is 12.7 Å². The number of rotatable bonds is 3. The lowest BCUT2D eigenvalue weighted by molar-refractivity contribution is -0.125. The van der Waals surface area contributed by atoms with Crippen LogP contribution in [0.3, 0.4) is 0 Å². The van der Waals surface area contributed by atoms with E-state index in [1.165, 1.54) is 6.08 Å². The number of methoxy groups -OCH3 is 1. The van der Waals surface area contributed by atoms with Gasteiger partial charge in [0.25, 0.3) is 0 Å². The number of aliphatic hydroxyl groups is 1. The molecule has 0 aromatic heterocycles. The summed E-state index contributed by atoms with van der Waals surface area (Å²) in [7, 11) is 1.60. The van der Waals surface area contributed by atoms with Crippen molar-refractivity contribution in [1.29, 1.82) is 0 Å². The molecular formula is C15H18BrNO3. The first-order valence-electron chi connectivity index (χ1n) is 6.44. The first-order valence-corrected chi connectivity index (χ1v) is 7.23. The van der Waals surface area contributed by atoms with Crippen LogP contribution in [0.25, 0.3) is 6.08 Å². The molecule has 5 heteroatoms. The molecule has 1 aliphatic rings. The van der Waals surface area contributed by atoms with Crippen molar-refractivity contribution < 1.29 is 14.6 Å². The third-order valence-electron chi connectivity index (χ3n) is 3.36. The first kappa shape index (κ1) is 15.1. The van der Waals surface area contributed by atoms with Gasteiger partial charge in [0.2, 0.25) is 5.91 Å². The molecule has 1 heterocycles. The minimum Gasteiger partial charge on any atom is -0.496 e. The average Bonchev–Trinajstić information content (AvgIpc) is 2.76. The zero-order chi connectivity index (χ0) is 14.8. The van der Waals surface area contributed by atoms with Gasteiger partial charge in [-0.2, -0.15) is 0 Å². The van der Waals surface area contributed by atoms with Crippen LogP contribution in [0.4, 0.5) is 0 Å². The summed E-state index contributed by atoms with van der Waals surface area (Å²) in [5, 5.41) is 9.87. The van der Waals surface area contributed by atoms with Crippen molar-refractivity contribution in [2.45, 2.75) is 18.9 Å². The maximum atomic E-state index is 12.1. The first-order chi connectivity index (χ1) is 9.41. The standard InChI is InChI=1S/C15H18BrNO3/c1-15(19)7-8-17(10-15)14(18)6-3-11-9-12(16)4-5-13(11)20-2/h3-6,9,19H,7-8,10H2,1-2H3/b6-3+. The molecule has 0 spiro atoms. The lowest BCUT2D eigenvalue weighted by atomic mass is 10.1. The zero-order valence-corrected chi connectivity index (χ0v) is 13.2. The van der Waals surface area contributed by atoms with E-state index in [0.717, 1.165) is 10.0 Å². The van der Waals surface area contributed by atoms with Gasteiger partial charge in [0.15, 0.2) is 0 Å². The Kier molecular flexibility index (Phi) is 4.50. The third-order valence-corrected chi connectivity index (χ3v) is 3.85. The van der Waals surface area contributed by atoms with Crippen molar-refractivity contribution >= 4 is 27.9 Å². The lowest BCUT2D eigenvalue weighted by Crippen LogP contribution is -2.32. The van der Waals surface area contributed by atoms with Crippen molar-refractivity contribution in [3.05, 3.63) is 34.3 Å². The minimum absolute atomic E-state index is 0.0928. The summed E-state index contributed by atoms with van der Waals surface area (Å²) >= 11 is 3.40. The SMILES string of the molecule is COc1ccc(Br)cc1/C=C/C(=O)N1CCC(C)(O)C1. The Balaban J connectivity index is 2.10. The van der Waals surface area contributed by atoms with Gasteiger partial charge < -0.3 is 14.7 Å². The van der Waals surface area contributed by atoms with Gasteiger partial charge in [-0.3, -0.25) is 4.79 Å². The van der Waals surface area contributed by atoms with Crippen molar-refractivity contribution in [1.82, 2.24) is 4.90 Å². The van der Waals surface area contributed by atoms with Crippen LogP contribution in [0.15, 0.2) is 28.7 Å². The van der Waals surface area contributed by atoms with E-state index < -0.39 is 5.60 Å². The fraction of sp³-hybridized carbons (Fsp3) is 0.400. The molecule has 4 nitrogen and oxygen atoms in total. The quantitative estimate of drug-likeness (QED) is 0.860. The highest BCUT2D eigenvalue weighted by Crippen LogP contribution is 2.25. The van der Waals surface area contributed by atoms with Gasteiger partial charge in [0, 0.05) is 29.2 Å². The number of β-amino-alcohol motifs (C(OH)–C–C–N with tert-alkyl or cyclic N) is 1. The van der Waals surface area contributed by atoms with Crippen LogP contribution in [0, 0.1) is 0 Å². The van der Waals surface area contributed by atoms with Crippen LogP contribution >= 0.6 is 15.9 Å². The van der Waals surface area contributed by atoms with Gasteiger partial charge in [-0.15, -0.1) is 0 Å². The molecular weight excluding hydrogens is 322 g/mol. The van der Waals surface area contributed by atoms with E-state index in [1.807, 2.05) is 18.2 Å². The van der Waals surface area contributed by atoms with Crippen LogP contribution in [-0.2, 0) is 4.79 Å². The smallest absolute Gasteiger partial charge is 0.246 e. The van der Waals surface area contributed by atoms with Crippen LogP contribution in [-0.4, -0.2) is 41.7 Å². The average molecular weight is 340 g/mol. The van der Waals surface area contributed by atoms with Gasteiger partial charge in [-0.05, 0) is 37.6 Å². The predicted octanol–water partition coefficient (Wildman–Crippen LogP) is 2.45. The van der Waals surface area contributed by atoms with Crippen LogP contribution < -0.4 is 4.74 Å². The van der Waals surface area contributed by atoms with E-state index in [2.05, 4.69) is 15.9 Å². The number of carbonyl (C=O) groups is 1. The van der Waals surface area contributed by atoms with Crippen molar-refractivity contribution in [3.8, 4) is 5.75 Å². The van der Waals surface area contributed by atoms with E-state index in [-0.39, 0.29) is 5.91 Å². The molecule has 0 radical (unpaired) electrons. The van der Waals surface area contributed by atoms with Crippen LogP contribution in [0.2, 0.25) is 0 Å². The molecule has 1 fully saturated rings. The predicted molar refractivity (Wildman–Crippen MR) is 81.5 cm³/mol. The van der Waals surface area contributed by atoms with E-state index in [1.54, 1.807) is 25.0 Å². The van der Waals surface area contributed by atoms with E-state index in [9.17, 15) is 9.90 Å². The topological polar surface area (TPSA) is 49.8 Å². The van der Waals surface area contributed by atoms with Gasteiger partial charge >= 0.3 is 0 Å². The molecule has 1 aromatic rings. The summed E-state index contributed by atoms with van der Waals surface area (Å²) in [6, 6.07) is 5.62. The molecule has 1 N–H and O–H groups in total. The number of amides is 1. The molecule has 0 bridgehead atoms. The Morgan fingerprint density at radius 2 is 2.30 bits per heavy atom. The summed E-state index contributed by atoms with van der Waals surface area (Å²) in [4.78, 5) is 13.7. The largest absolute Gasteiger partial charge is 0.496 e. The molecule has 2 rings (SSSR count). The van der Waals surface area contributed by atoms with Crippen molar-refractivity contribution in [2.24, 2.45) is 0 Å². The second kappa shape index (κ2) is 5.97. The number of nitrogens with zero attached hydrogens (tertiary/aromatic N) is 1. The van der Waals surface area contributed by atoms with E-state index in [0.29, 0.717) is 25.3 Å². The number of hydrogen-bond donors (Lipinski definition) is 1.